The van der Waals surface area contributed by atoms with Crippen molar-refractivity contribution in [2.75, 3.05) is 157 Å². The van der Waals surface area contributed by atoms with Gasteiger partial charge in [-0.3, -0.25) is 34.0 Å². The first-order valence-corrected chi connectivity index (χ1v) is 39.4. The van der Waals surface area contributed by atoms with Gasteiger partial charge in [0.25, 0.3) is 0 Å². The van der Waals surface area contributed by atoms with Crippen LogP contribution in [0.4, 0.5) is 0 Å². The Bertz CT molecular complexity index is 1900. The number of hydrogen-bond acceptors (Lipinski definition) is 10. The van der Waals surface area contributed by atoms with Crippen molar-refractivity contribution in [2.45, 2.75) is 252 Å². The van der Waals surface area contributed by atoms with Crippen molar-refractivity contribution in [1.82, 2.24) is 50.2 Å². The molecule has 0 aromatic rings. The molecule has 4 fully saturated rings. The molecule has 5 aliphatic rings. The molecule has 5 rings (SSSR count). The first-order chi connectivity index (χ1) is 44.9. The molecule has 0 bridgehead atoms. The first kappa shape index (κ1) is 78.8. The van der Waals surface area contributed by atoms with Crippen LogP contribution in [0.5, 0.6) is 0 Å². The quantitative estimate of drug-likeness (QED) is 0.0402. The largest absolute Gasteiger partial charge is 0.340 e. The molecule has 0 aromatic heterocycles. The number of hydrogen-bond donors (Lipinski definition) is 3. The van der Waals surface area contributed by atoms with Crippen LogP contribution in [0, 0.1) is 23.7 Å². The maximum atomic E-state index is 13.4. The van der Waals surface area contributed by atoms with E-state index in [4.69, 9.17) is 0 Å². The summed E-state index contributed by atoms with van der Waals surface area (Å²) >= 11 is 0. The van der Waals surface area contributed by atoms with E-state index in [0.29, 0.717) is 54.7 Å². The highest BCUT2D eigenvalue weighted by atomic mass is 16.2. The summed E-state index contributed by atoms with van der Waals surface area (Å²) < 4.78 is 0. The Morgan fingerprint density at radius 2 is 0.714 bits per heavy atom. The molecule has 3 amide bonds. The van der Waals surface area contributed by atoms with Gasteiger partial charge < -0.3 is 30.7 Å². The fourth-order valence-electron chi connectivity index (χ4n) is 14.9. The van der Waals surface area contributed by atoms with Gasteiger partial charge in [0.1, 0.15) is 0 Å². The van der Waals surface area contributed by atoms with Crippen LogP contribution >= 0.6 is 0 Å². The van der Waals surface area contributed by atoms with Crippen LogP contribution in [0.25, 0.3) is 0 Å². The van der Waals surface area contributed by atoms with Gasteiger partial charge in [0, 0.05) is 176 Å². The minimum atomic E-state index is 0.353. The number of unbranched alkanes of at least 4 members (excludes halogenated alkanes) is 23. The van der Waals surface area contributed by atoms with Crippen LogP contribution in [-0.2, 0) is 14.4 Å². The smallest absolute Gasteiger partial charge is 0.222 e. The monoisotopic (exact) mass is 1270 g/mol. The van der Waals surface area contributed by atoms with E-state index < -0.39 is 0 Å². The number of piperazine rings is 4. The summed E-state index contributed by atoms with van der Waals surface area (Å²) in [6, 6.07) is 0. The molecule has 13 heteroatoms. The molecule has 0 aromatic carbocycles. The summed E-state index contributed by atoms with van der Waals surface area (Å²) in [5.74, 6) is 3.80. The zero-order valence-electron chi connectivity index (χ0n) is 59.7. The summed E-state index contributed by atoms with van der Waals surface area (Å²) in [7, 11) is 0. The van der Waals surface area contributed by atoms with Gasteiger partial charge in [-0.1, -0.05) is 198 Å². The lowest BCUT2D eigenvalue weighted by molar-refractivity contribution is -0.133. The van der Waals surface area contributed by atoms with E-state index in [-0.39, 0.29) is 0 Å². The third-order valence-corrected chi connectivity index (χ3v) is 21.1. The van der Waals surface area contributed by atoms with Gasteiger partial charge in [0.15, 0.2) is 0 Å². The van der Waals surface area contributed by atoms with Crippen molar-refractivity contribution < 1.29 is 14.4 Å². The van der Waals surface area contributed by atoms with E-state index in [1.54, 1.807) is 0 Å². The molecule has 91 heavy (non-hydrogen) atoms. The summed E-state index contributed by atoms with van der Waals surface area (Å²) in [6.07, 6.45) is 63.3. The van der Waals surface area contributed by atoms with E-state index >= 15 is 0 Å². The Hall–Kier alpha value is -2.91. The molecule has 3 N–H and O–H groups in total. The van der Waals surface area contributed by atoms with E-state index in [1.807, 2.05) is 0 Å². The van der Waals surface area contributed by atoms with Gasteiger partial charge in [0.2, 0.25) is 17.7 Å². The molecule has 524 valence electrons. The van der Waals surface area contributed by atoms with Gasteiger partial charge in [0.05, 0.1) is 0 Å². The Kier molecular flexibility index (Phi) is 46.1. The van der Waals surface area contributed by atoms with Gasteiger partial charge in [-0.25, -0.2) is 0 Å². The number of nitrogens with one attached hydrogen (secondary N) is 3. The van der Waals surface area contributed by atoms with Gasteiger partial charge in [-0.15, -0.1) is 0 Å². The molecule has 4 heterocycles. The lowest BCUT2D eigenvalue weighted by Crippen LogP contribution is -2.51. The van der Waals surface area contributed by atoms with Crippen molar-refractivity contribution >= 4 is 17.7 Å². The van der Waals surface area contributed by atoms with Crippen molar-refractivity contribution in [3.63, 3.8) is 0 Å². The number of allylic oxidation sites excluding steroid dienone is 8. The molecule has 0 spiro atoms. The van der Waals surface area contributed by atoms with Gasteiger partial charge >= 0.3 is 0 Å². The first-order valence-electron chi connectivity index (χ1n) is 39.4. The molecule has 4 atom stereocenters. The topological polar surface area (TPSA) is 110 Å². The average Bonchev–Trinajstić information content (AvgIpc) is 3.69. The normalized spacial score (nSPS) is 21.0. The van der Waals surface area contributed by atoms with E-state index in [2.05, 4.69) is 120 Å². The predicted octanol–water partition coefficient (Wildman–Crippen LogP) is 14.3. The van der Waals surface area contributed by atoms with E-state index in [0.717, 1.165) is 195 Å². The van der Waals surface area contributed by atoms with E-state index in [9.17, 15) is 14.4 Å². The molecule has 4 aliphatic heterocycles. The van der Waals surface area contributed by atoms with Gasteiger partial charge in [-0.2, -0.15) is 0 Å². The molecule has 1 aliphatic carbocycles. The second kappa shape index (κ2) is 53.3. The number of carbonyl (C=O) groups excluding carboxylic acids is 3. The minimum absolute atomic E-state index is 0.353. The lowest BCUT2D eigenvalue weighted by atomic mass is 9.66. The zero-order chi connectivity index (χ0) is 64.3. The SMILES string of the molecule is CCCCC/C=C\C/C=C\CCCCCCCC(=O)N1CCN(CCNCCN2CCN(C(=O)CCCCCCCC3C(CCCCCCCC(=O)N4CCN(CCNCCN5CCNCC5)CC4)C=CC(CCCCCC)C3/C=C/CCCCCC)CC2)CC1. The van der Waals surface area contributed by atoms with Crippen molar-refractivity contribution in [3.8, 4) is 0 Å². The average molecular weight is 1270 g/mol. The number of carbonyl (C=O) groups is 3. The predicted molar refractivity (Wildman–Crippen MR) is 388 cm³/mol. The third kappa shape index (κ3) is 36.7. The fourth-order valence-corrected chi connectivity index (χ4v) is 14.9. The highest BCUT2D eigenvalue weighted by Gasteiger charge is 2.34. The summed E-state index contributed by atoms with van der Waals surface area (Å²) in [4.78, 5) is 56.0. The van der Waals surface area contributed by atoms with Crippen molar-refractivity contribution in [2.24, 2.45) is 23.7 Å². The molecule has 4 saturated heterocycles. The molecule has 0 saturated carbocycles. The molecular formula is C78H144N10O3. The second-order valence-electron chi connectivity index (χ2n) is 28.4. The lowest BCUT2D eigenvalue weighted by Gasteiger charge is -2.39. The Morgan fingerprint density at radius 1 is 0.374 bits per heavy atom. The van der Waals surface area contributed by atoms with Crippen LogP contribution in [0.1, 0.15) is 252 Å². The molecule has 4 unspecified atom stereocenters. The maximum Gasteiger partial charge on any atom is 0.222 e. The maximum absolute atomic E-state index is 13.4. The van der Waals surface area contributed by atoms with E-state index in [1.165, 1.54) is 180 Å². The van der Waals surface area contributed by atoms with Crippen LogP contribution in [0.2, 0.25) is 0 Å². The van der Waals surface area contributed by atoms with Crippen LogP contribution < -0.4 is 16.0 Å². The highest BCUT2D eigenvalue weighted by molar-refractivity contribution is 5.77. The molecular weight excluding hydrogens is 1120 g/mol. The second-order valence-corrected chi connectivity index (χ2v) is 28.4. The van der Waals surface area contributed by atoms with Gasteiger partial charge in [-0.05, 0) is 107 Å². The minimum Gasteiger partial charge on any atom is -0.340 e. The number of rotatable bonds is 53. The summed E-state index contributed by atoms with van der Waals surface area (Å²) in [6.45, 7) is 30.9. The van der Waals surface area contributed by atoms with Crippen LogP contribution in [0.15, 0.2) is 48.6 Å². The standard InChI is InChI=1S/C78H144N10O3/c1-4-7-10-13-15-16-17-18-19-20-21-22-23-29-36-43-76(89)86-66-62-84(63-67-86)58-52-81-53-59-85-64-70-88(71-65-85)78(91)45-38-31-25-28-35-42-75-73(47-46-72(39-32-12-9-6-3)74(75)41-34-27-14-11-8-5-2)40-33-26-24-30-37-44-77(90)87-68-60-83(61-69-87)57-51-80-50-56-82-54-48-79-49-55-82/h15-16,18-19,34,41,46-47,72-75,79-81H,4-14,17,20-33,35-40,42-45,48-71H2,1-3H3/b16-15-,19-18-,41-34+. The van der Waals surface area contributed by atoms with Crippen LogP contribution in [-0.4, -0.2) is 209 Å². The Labute approximate surface area is 561 Å². The van der Waals surface area contributed by atoms with Crippen molar-refractivity contribution in [3.05, 3.63) is 48.6 Å². The summed E-state index contributed by atoms with van der Waals surface area (Å²) in [5.41, 5.74) is 0. The Balaban J connectivity index is 0.889. The van der Waals surface area contributed by atoms with Crippen LogP contribution in [0.3, 0.4) is 0 Å². The molecule has 0 radical (unpaired) electrons. The summed E-state index contributed by atoms with van der Waals surface area (Å²) in [5, 5.41) is 10.8. The fraction of sp³-hybridized carbons (Fsp3) is 0.859. The Morgan fingerprint density at radius 3 is 1.18 bits per heavy atom. The molecule has 13 nitrogen and oxygen atoms in total. The number of amides is 3. The third-order valence-electron chi connectivity index (χ3n) is 21.1. The number of nitrogens with zero attached hydrogens (tertiary/aromatic N) is 7. The highest BCUT2D eigenvalue weighted by Crippen LogP contribution is 2.43. The zero-order valence-corrected chi connectivity index (χ0v) is 59.7. The van der Waals surface area contributed by atoms with Crippen molar-refractivity contribution in [1.29, 1.82) is 0 Å².